The summed E-state index contributed by atoms with van der Waals surface area (Å²) in [7, 11) is 0. The van der Waals surface area contributed by atoms with Gasteiger partial charge in [-0.2, -0.15) is 0 Å². The molecular formula is C14H28N2O. The summed E-state index contributed by atoms with van der Waals surface area (Å²) in [6, 6.07) is 0.407. The van der Waals surface area contributed by atoms with E-state index < -0.39 is 0 Å². The summed E-state index contributed by atoms with van der Waals surface area (Å²) < 4.78 is 0. The van der Waals surface area contributed by atoms with Crippen molar-refractivity contribution < 1.29 is 4.79 Å². The van der Waals surface area contributed by atoms with E-state index in [4.69, 9.17) is 0 Å². The van der Waals surface area contributed by atoms with Gasteiger partial charge in [-0.25, -0.2) is 0 Å². The van der Waals surface area contributed by atoms with Crippen LogP contribution in [0.1, 0.15) is 53.9 Å². The van der Waals surface area contributed by atoms with E-state index in [9.17, 15) is 4.79 Å². The summed E-state index contributed by atoms with van der Waals surface area (Å²) in [4.78, 5) is 11.7. The van der Waals surface area contributed by atoms with Crippen molar-refractivity contribution in [3.8, 4) is 0 Å². The summed E-state index contributed by atoms with van der Waals surface area (Å²) in [5, 5.41) is 6.34. The average Bonchev–Trinajstić information content (AvgIpc) is 2.21. The van der Waals surface area contributed by atoms with Crippen LogP contribution in [-0.2, 0) is 4.79 Å². The Morgan fingerprint density at radius 1 is 1.47 bits per heavy atom. The summed E-state index contributed by atoms with van der Waals surface area (Å²) in [6.07, 6.45) is 3.67. The minimum atomic E-state index is -0.0800. The van der Waals surface area contributed by atoms with Gasteiger partial charge >= 0.3 is 0 Å². The molecule has 1 rings (SSSR count). The first-order valence-corrected chi connectivity index (χ1v) is 6.89. The fraction of sp³-hybridized carbons (Fsp3) is 0.929. The van der Waals surface area contributed by atoms with Crippen LogP contribution in [0.4, 0.5) is 0 Å². The minimum absolute atomic E-state index is 0.0800. The monoisotopic (exact) mass is 240 g/mol. The van der Waals surface area contributed by atoms with Gasteiger partial charge in [0.2, 0.25) is 5.91 Å². The van der Waals surface area contributed by atoms with Gasteiger partial charge in [-0.05, 0) is 44.4 Å². The molecule has 17 heavy (non-hydrogen) atoms. The van der Waals surface area contributed by atoms with Crippen LogP contribution < -0.4 is 10.6 Å². The Kier molecular flexibility index (Phi) is 4.99. The standard InChI is InChI=1S/C14H28N2O/c1-6-15-13(17)11(3)16-12-7-8-14(4,5)9-10(12)2/h10-12,16H,6-9H2,1-5H3,(H,15,17). The summed E-state index contributed by atoms with van der Waals surface area (Å²) in [5.74, 6) is 0.764. The highest BCUT2D eigenvalue weighted by atomic mass is 16.2. The molecule has 100 valence electrons. The number of amides is 1. The number of likely N-dealkylation sites (N-methyl/N-ethyl adjacent to an activating group) is 1. The Labute approximate surface area is 106 Å². The first-order valence-electron chi connectivity index (χ1n) is 6.89. The van der Waals surface area contributed by atoms with Crippen LogP contribution in [0.25, 0.3) is 0 Å². The van der Waals surface area contributed by atoms with Gasteiger partial charge in [-0.1, -0.05) is 20.8 Å². The third-order valence-electron chi connectivity index (χ3n) is 3.90. The molecule has 0 aromatic rings. The Morgan fingerprint density at radius 2 is 2.12 bits per heavy atom. The normalized spacial score (nSPS) is 29.7. The molecule has 1 aliphatic carbocycles. The van der Waals surface area contributed by atoms with Crippen molar-refractivity contribution in [3.63, 3.8) is 0 Å². The maximum atomic E-state index is 11.7. The van der Waals surface area contributed by atoms with Crippen molar-refractivity contribution >= 4 is 5.91 Å². The SMILES string of the molecule is CCNC(=O)C(C)NC1CCC(C)(C)CC1C. The highest BCUT2D eigenvalue weighted by Crippen LogP contribution is 2.38. The molecule has 1 aliphatic rings. The molecule has 0 aliphatic heterocycles. The lowest BCUT2D eigenvalue weighted by molar-refractivity contribution is -0.123. The van der Waals surface area contributed by atoms with Gasteiger partial charge in [0, 0.05) is 12.6 Å². The largest absolute Gasteiger partial charge is 0.355 e. The van der Waals surface area contributed by atoms with E-state index in [-0.39, 0.29) is 11.9 Å². The van der Waals surface area contributed by atoms with E-state index in [1.165, 1.54) is 19.3 Å². The molecule has 3 atom stereocenters. The van der Waals surface area contributed by atoms with Gasteiger partial charge in [-0.3, -0.25) is 4.79 Å². The van der Waals surface area contributed by atoms with E-state index in [1.54, 1.807) is 0 Å². The molecule has 0 heterocycles. The van der Waals surface area contributed by atoms with Crippen molar-refractivity contribution in [2.75, 3.05) is 6.54 Å². The fourth-order valence-electron chi connectivity index (χ4n) is 2.92. The zero-order chi connectivity index (χ0) is 13.1. The van der Waals surface area contributed by atoms with E-state index in [0.29, 0.717) is 23.9 Å². The summed E-state index contributed by atoms with van der Waals surface area (Å²) >= 11 is 0. The molecular weight excluding hydrogens is 212 g/mol. The van der Waals surface area contributed by atoms with Gasteiger partial charge in [0.05, 0.1) is 6.04 Å². The zero-order valence-corrected chi connectivity index (χ0v) is 12.0. The number of hydrogen-bond donors (Lipinski definition) is 2. The molecule has 1 saturated carbocycles. The van der Waals surface area contributed by atoms with Crippen LogP contribution in [0.5, 0.6) is 0 Å². The van der Waals surface area contributed by atoms with Crippen molar-refractivity contribution in [3.05, 3.63) is 0 Å². The van der Waals surface area contributed by atoms with E-state index >= 15 is 0 Å². The van der Waals surface area contributed by atoms with Crippen molar-refractivity contribution in [1.29, 1.82) is 0 Å². The second-order valence-electron chi connectivity index (χ2n) is 6.27. The van der Waals surface area contributed by atoms with E-state index in [1.807, 2.05) is 13.8 Å². The predicted molar refractivity (Wildman–Crippen MR) is 71.9 cm³/mol. The Morgan fingerprint density at radius 3 is 2.65 bits per heavy atom. The van der Waals surface area contributed by atoms with Crippen molar-refractivity contribution in [2.45, 2.75) is 66.0 Å². The van der Waals surface area contributed by atoms with E-state index in [0.717, 1.165) is 0 Å². The highest BCUT2D eigenvalue weighted by molar-refractivity contribution is 5.81. The Bertz CT molecular complexity index is 263. The van der Waals surface area contributed by atoms with Crippen LogP contribution in [-0.4, -0.2) is 24.5 Å². The molecule has 3 nitrogen and oxygen atoms in total. The lowest BCUT2D eigenvalue weighted by Crippen LogP contribution is -2.50. The second-order valence-corrected chi connectivity index (χ2v) is 6.27. The van der Waals surface area contributed by atoms with Crippen LogP contribution in [0, 0.1) is 11.3 Å². The smallest absolute Gasteiger partial charge is 0.236 e. The molecule has 1 amide bonds. The third-order valence-corrected chi connectivity index (χ3v) is 3.90. The number of nitrogens with one attached hydrogen (secondary N) is 2. The topological polar surface area (TPSA) is 41.1 Å². The highest BCUT2D eigenvalue weighted by Gasteiger charge is 2.33. The average molecular weight is 240 g/mol. The summed E-state index contributed by atoms with van der Waals surface area (Å²) in [5.41, 5.74) is 0.465. The minimum Gasteiger partial charge on any atom is -0.355 e. The molecule has 0 bridgehead atoms. The second kappa shape index (κ2) is 5.85. The van der Waals surface area contributed by atoms with Gasteiger partial charge in [0.15, 0.2) is 0 Å². The van der Waals surface area contributed by atoms with Crippen LogP contribution in [0.2, 0.25) is 0 Å². The molecule has 0 aromatic carbocycles. The van der Waals surface area contributed by atoms with Crippen molar-refractivity contribution in [2.24, 2.45) is 11.3 Å². The van der Waals surface area contributed by atoms with Gasteiger partial charge < -0.3 is 10.6 Å². The fourth-order valence-corrected chi connectivity index (χ4v) is 2.92. The number of hydrogen-bond acceptors (Lipinski definition) is 2. The molecule has 0 radical (unpaired) electrons. The van der Waals surface area contributed by atoms with Crippen molar-refractivity contribution in [1.82, 2.24) is 10.6 Å². The molecule has 3 unspecified atom stereocenters. The Hall–Kier alpha value is -0.570. The van der Waals surface area contributed by atoms with Crippen LogP contribution in [0.3, 0.4) is 0 Å². The number of rotatable bonds is 4. The molecule has 0 spiro atoms. The predicted octanol–water partition coefficient (Wildman–Crippen LogP) is 2.32. The lowest BCUT2D eigenvalue weighted by atomic mass is 9.70. The first kappa shape index (κ1) is 14.5. The van der Waals surface area contributed by atoms with Crippen LogP contribution in [0.15, 0.2) is 0 Å². The quantitative estimate of drug-likeness (QED) is 0.792. The third kappa shape index (κ3) is 4.30. The van der Waals surface area contributed by atoms with Gasteiger partial charge in [-0.15, -0.1) is 0 Å². The first-order chi connectivity index (χ1) is 7.85. The molecule has 0 saturated heterocycles. The van der Waals surface area contributed by atoms with Gasteiger partial charge in [0.25, 0.3) is 0 Å². The summed E-state index contributed by atoms with van der Waals surface area (Å²) in [6.45, 7) is 11.6. The number of carbonyl (C=O) groups is 1. The maximum absolute atomic E-state index is 11.7. The zero-order valence-electron chi connectivity index (χ0n) is 12.0. The van der Waals surface area contributed by atoms with Crippen LogP contribution >= 0.6 is 0 Å². The van der Waals surface area contributed by atoms with E-state index in [2.05, 4.69) is 31.4 Å². The molecule has 3 heteroatoms. The molecule has 0 aromatic heterocycles. The molecule has 2 N–H and O–H groups in total. The lowest BCUT2D eigenvalue weighted by Gasteiger charge is -2.40. The van der Waals surface area contributed by atoms with Gasteiger partial charge in [0.1, 0.15) is 0 Å². The molecule has 1 fully saturated rings. The Balaban J connectivity index is 2.44. The number of carbonyl (C=O) groups excluding carboxylic acids is 1. The maximum Gasteiger partial charge on any atom is 0.236 e.